The first-order chi connectivity index (χ1) is 12.6. The number of methoxy groups -OCH3 is 1. The van der Waals surface area contributed by atoms with Crippen LogP contribution in [0.15, 0.2) is 47.3 Å². The van der Waals surface area contributed by atoms with E-state index in [0.29, 0.717) is 28.2 Å². The van der Waals surface area contributed by atoms with Gasteiger partial charge in [-0.25, -0.2) is 4.98 Å². The summed E-state index contributed by atoms with van der Waals surface area (Å²) in [5.41, 5.74) is 1.16. The van der Waals surface area contributed by atoms with Gasteiger partial charge in [0.2, 0.25) is 0 Å². The number of carbonyl (C=O) groups excluding carboxylic acids is 1. The maximum Gasteiger partial charge on any atom is 0.259 e. The van der Waals surface area contributed by atoms with Gasteiger partial charge in [-0.2, -0.15) is 0 Å². The third kappa shape index (κ3) is 3.89. The fraction of sp³-hybridized carbons (Fsp3) is 0.105. The van der Waals surface area contributed by atoms with Gasteiger partial charge in [0.25, 0.3) is 5.56 Å². The molecule has 0 bridgehead atoms. The molecule has 0 atom stereocenters. The number of carbonyl (C=O) groups is 1. The predicted molar refractivity (Wildman–Crippen MR) is 94.8 cm³/mol. The van der Waals surface area contributed by atoms with Crippen LogP contribution >= 0.6 is 0 Å². The molecule has 0 saturated heterocycles. The second-order valence-corrected chi connectivity index (χ2v) is 5.37. The number of aromatic nitrogens is 2. The van der Waals surface area contributed by atoms with Crippen LogP contribution < -0.4 is 20.1 Å². The fourth-order valence-corrected chi connectivity index (χ4v) is 2.40. The monoisotopic (exact) mass is 351 g/mol. The molecule has 0 spiro atoms. The van der Waals surface area contributed by atoms with E-state index in [0.717, 1.165) is 5.56 Å². The van der Waals surface area contributed by atoms with Gasteiger partial charge in [-0.1, -0.05) is 24.3 Å². The summed E-state index contributed by atoms with van der Waals surface area (Å²) in [6.45, 7) is -0.562. The van der Waals surface area contributed by atoms with Crippen molar-refractivity contribution in [2.45, 2.75) is 0 Å². The molecule has 0 unspecified atom stereocenters. The molecule has 3 aromatic rings. The van der Waals surface area contributed by atoms with E-state index < -0.39 is 12.6 Å². The number of ether oxygens (including phenoxy) is 2. The normalized spacial score (nSPS) is 11.0. The van der Waals surface area contributed by atoms with Gasteiger partial charge in [-0.15, -0.1) is 0 Å². The minimum atomic E-state index is -1.32. The first-order valence-electron chi connectivity index (χ1n) is 7.74. The largest absolute Gasteiger partial charge is 0.546 e. The highest BCUT2D eigenvalue weighted by molar-refractivity contribution is 5.79. The molecule has 7 nitrogen and oxygen atoms in total. The van der Waals surface area contributed by atoms with Gasteiger partial charge >= 0.3 is 0 Å². The number of aliphatic carboxylic acids is 1. The molecule has 0 aliphatic rings. The first kappa shape index (κ1) is 17.2. The van der Waals surface area contributed by atoms with E-state index in [2.05, 4.69) is 9.97 Å². The topological polar surface area (TPSA) is 104 Å². The fourth-order valence-electron chi connectivity index (χ4n) is 2.40. The molecule has 2 aromatic carbocycles. The molecule has 0 aliphatic carbocycles. The number of H-pyrrole nitrogens is 1. The summed E-state index contributed by atoms with van der Waals surface area (Å²) in [7, 11) is 1.46. The molecule has 0 fully saturated rings. The maximum atomic E-state index is 12.1. The summed E-state index contributed by atoms with van der Waals surface area (Å²) >= 11 is 0. The van der Waals surface area contributed by atoms with Crippen molar-refractivity contribution < 1.29 is 19.4 Å². The smallest absolute Gasteiger partial charge is 0.259 e. The van der Waals surface area contributed by atoms with Gasteiger partial charge in [-0.05, 0) is 35.9 Å². The summed E-state index contributed by atoms with van der Waals surface area (Å²) in [6.07, 6.45) is 3.42. The summed E-state index contributed by atoms with van der Waals surface area (Å²) in [5.74, 6) is -0.216. The maximum absolute atomic E-state index is 12.1. The van der Waals surface area contributed by atoms with E-state index in [1.54, 1.807) is 48.6 Å². The average Bonchev–Trinajstić information content (AvgIpc) is 2.65. The van der Waals surface area contributed by atoms with Crippen LogP contribution in [0.2, 0.25) is 0 Å². The molecule has 0 radical (unpaired) electrons. The molecular weight excluding hydrogens is 336 g/mol. The van der Waals surface area contributed by atoms with Gasteiger partial charge in [0.1, 0.15) is 12.4 Å². The van der Waals surface area contributed by atoms with Crippen LogP contribution in [0.25, 0.3) is 23.1 Å². The molecular formula is C19H15N2O5-. The van der Waals surface area contributed by atoms with E-state index in [1.165, 1.54) is 7.11 Å². The molecule has 1 N–H and O–H groups in total. The molecule has 1 aromatic heterocycles. The third-order valence-corrected chi connectivity index (χ3v) is 3.60. The number of nitrogens with one attached hydrogen (secondary N) is 1. The number of hydrogen-bond donors (Lipinski definition) is 1. The van der Waals surface area contributed by atoms with Crippen molar-refractivity contribution in [2.75, 3.05) is 13.7 Å². The van der Waals surface area contributed by atoms with Gasteiger partial charge < -0.3 is 24.4 Å². The van der Waals surface area contributed by atoms with Crippen molar-refractivity contribution in [3.05, 3.63) is 64.2 Å². The van der Waals surface area contributed by atoms with Crippen LogP contribution in [0.5, 0.6) is 11.5 Å². The Hall–Kier alpha value is -3.61. The lowest BCUT2D eigenvalue weighted by Crippen LogP contribution is -2.29. The lowest BCUT2D eigenvalue weighted by atomic mass is 10.2. The Kier molecular flexibility index (Phi) is 4.98. The average molecular weight is 351 g/mol. The number of nitrogens with zero attached hydrogens (tertiary/aromatic N) is 1. The minimum Gasteiger partial charge on any atom is -0.546 e. The molecule has 0 saturated carbocycles. The summed E-state index contributed by atoms with van der Waals surface area (Å²) in [5, 5.41) is 11.0. The molecule has 3 rings (SSSR count). The molecule has 7 heteroatoms. The second-order valence-electron chi connectivity index (χ2n) is 5.37. The molecule has 132 valence electrons. The third-order valence-electron chi connectivity index (χ3n) is 3.60. The van der Waals surface area contributed by atoms with Gasteiger partial charge in [0.05, 0.1) is 24.0 Å². The van der Waals surface area contributed by atoms with Crippen molar-refractivity contribution >= 4 is 29.0 Å². The number of benzene rings is 2. The Morgan fingerprint density at radius 1 is 1.19 bits per heavy atom. The lowest BCUT2D eigenvalue weighted by Gasteiger charge is -2.11. The number of aromatic amines is 1. The predicted octanol–water partition coefficient (Wildman–Crippen LogP) is 1.23. The van der Waals surface area contributed by atoms with E-state index in [9.17, 15) is 14.7 Å². The second kappa shape index (κ2) is 7.52. The SMILES string of the molecule is COc1cc(/C=C/c2nc3ccccc3c(=O)[nH]2)ccc1OCC(=O)[O-]. The zero-order valence-electron chi connectivity index (χ0n) is 13.9. The van der Waals surface area contributed by atoms with Crippen LogP contribution in [-0.2, 0) is 4.79 Å². The van der Waals surface area contributed by atoms with Crippen LogP contribution in [0.1, 0.15) is 11.4 Å². The number of hydrogen-bond acceptors (Lipinski definition) is 6. The lowest BCUT2D eigenvalue weighted by molar-refractivity contribution is -0.307. The Labute approximate surface area is 148 Å². The Morgan fingerprint density at radius 3 is 2.77 bits per heavy atom. The van der Waals surface area contributed by atoms with E-state index in [1.807, 2.05) is 6.07 Å². The van der Waals surface area contributed by atoms with Crippen molar-refractivity contribution in [1.29, 1.82) is 0 Å². The number of para-hydroxylation sites is 1. The number of fused-ring (bicyclic) bond motifs is 1. The van der Waals surface area contributed by atoms with Crippen LogP contribution in [0.3, 0.4) is 0 Å². The molecule has 0 aliphatic heterocycles. The molecule has 0 amide bonds. The Balaban J connectivity index is 1.86. The summed E-state index contributed by atoms with van der Waals surface area (Å²) < 4.78 is 10.3. The van der Waals surface area contributed by atoms with Crippen LogP contribution in [0.4, 0.5) is 0 Å². The van der Waals surface area contributed by atoms with Gasteiger partial charge in [0, 0.05) is 0 Å². The standard InChI is InChI=1S/C19H16N2O5/c1-25-16-10-12(6-8-15(16)26-11-18(22)23)7-9-17-20-14-5-3-2-4-13(14)19(24)21-17/h2-10H,11H2,1H3,(H,22,23)(H,20,21,24)/p-1/b9-7+. The van der Waals surface area contributed by atoms with E-state index in [4.69, 9.17) is 9.47 Å². The number of carboxylic acids is 1. The zero-order valence-corrected chi connectivity index (χ0v) is 13.9. The molecule has 26 heavy (non-hydrogen) atoms. The minimum absolute atomic E-state index is 0.209. The van der Waals surface area contributed by atoms with Gasteiger partial charge in [-0.3, -0.25) is 4.79 Å². The van der Waals surface area contributed by atoms with Gasteiger partial charge in [0.15, 0.2) is 11.5 Å². The highest BCUT2D eigenvalue weighted by Gasteiger charge is 2.05. The summed E-state index contributed by atoms with van der Waals surface area (Å²) in [4.78, 5) is 29.7. The van der Waals surface area contributed by atoms with Crippen molar-refractivity contribution in [2.24, 2.45) is 0 Å². The van der Waals surface area contributed by atoms with Crippen molar-refractivity contribution in [1.82, 2.24) is 9.97 Å². The highest BCUT2D eigenvalue weighted by atomic mass is 16.5. The number of carboxylic acid groups (broad SMARTS) is 1. The zero-order chi connectivity index (χ0) is 18.5. The number of rotatable bonds is 6. The highest BCUT2D eigenvalue weighted by Crippen LogP contribution is 2.28. The summed E-state index contributed by atoms with van der Waals surface area (Å²) in [6, 6.07) is 12.1. The van der Waals surface area contributed by atoms with E-state index >= 15 is 0 Å². The van der Waals surface area contributed by atoms with Crippen LogP contribution in [-0.4, -0.2) is 29.7 Å². The van der Waals surface area contributed by atoms with E-state index in [-0.39, 0.29) is 5.56 Å². The van der Waals surface area contributed by atoms with Crippen LogP contribution in [0, 0.1) is 0 Å². The Morgan fingerprint density at radius 2 is 2.00 bits per heavy atom. The van der Waals surface area contributed by atoms with Crippen molar-refractivity contribution in [3.63, 3.8) is 0 Å². The quantitative estimate of drug-likeness (QED) is 0.716. The van der Waals surface area contributed by atoms with Crippen molar-refractivity contribution in [3.8, 4) is 11.5 Å². The Bertz CT molecular complexity index is 1040. The first-order valence-corrected chi connectivity index (χ1v) is 7.74. The molecule has 1 heterocycles.